The molecule has 3 aromatic rings. The molecule has 3 aromatic carbocycles. The molecule has 0 aromatic heterocycles. The Kier molecular flexibility index (Phi) is 7.89. The van der Waals surface area contributed by atoms with Crippen LogP contribution in [0.3, 0.4) is 0 Å². The number of alkyl halides is 6. The maximum absolute atomic E-state index is 13.4. The number of hydrogen-bond acceptors (Lipinski definition) is 4. The van der Waals surface area contributed by atoms with Gasteiger partial charge in [0.2, 0.25) is 10.0 Å². The van der Waals surface area contributed by atoms with E-state index in [1.54, 1.807) is 0 Å². The maximum atomic E-state index is 13.4. The molecule has 0 spiro atoms. The lowest BCUT2D eigenvalue weighted by Crippen LogP contribution is -2.29. The normalized spacial score (nSPS) is 12.5. The lowest BCUT2D eigenvalue weighted by molar-refractivity contribution is -0.140. The number of nitrogens with zero attached hydrogens (tertiary/aromatic N) is 1. The van der Waals surface area contributed by atoms with Crippen LogP contribution in [-0.2, 0) is 40.1 Å². The maximum Gasteiger partial charge on any atom is 0.417 e. The SMILES string of the molecule is CN(Cc1cc(C(F)(F)F)ccc1Oc1cccc(CC(=O)O)c1)S(=O)(=O)c1ccccc1C(F)(F)F. The summed E-state index contributed by atoms with van der Waals surface area (Å²) >= 11 is 0. The molecule has 13 heteroatoms. The van der Waals surface area contributed by atoms with Crippen LogP contribution in [0.5, 0.6) is 11.5 Å². The van der Waals surface area contributed by atoms with Crippen molar-refractivity contribution in [2.75, 3.05) is 7.05 Å². The molecule has 0 unspecified atom stereocenters. The highest BCUT2D eigenvalue weighted by Gasteiger charge is 2.38. The topological polar surface area (TPSA) is 83.9 Å². The highest BCUT2D eigenvalue weighted by Crippen LogP contribution is 2.37. The van der Waals surface area contributed by atoms with E-state index >= 15 is 0 Å². The predicted octanol–water partition coefficient (Wildman–Crippen LogP) is 5.96. The van der Waals surface area contributed by atoms with Crippen LogP contribution in [0, 0.1) is 0 Å². The van der Waals surface area contributed by atoms with E-state index < -0.39 is 50.9 Å². The number of sulfonamides is 1. The molecule has 0 aliphatic carbocycles. The zero-order valence-corrected chi connectivity index (χ0v) is 19.8. The molecule has 0 saturated carbocycles. The average Bonchev–Trinajstić information content (AvgIpc) is 2.78. The third-order valence-corrected chi connectivity index (χ3v) is 7.00. The first-order valence-electron chi connectivity index (χ1n) is 10.4. The van der Waals surface area contributed by atoms with E-state index in [1.807, 2.05) is 0 Å². The van der Waals surface area contributed by atoms with Gasteiger partial charge < -0.3 is 9.84 Å². The Morgan fingerprint density at radius 1 is 0.919 bits per heavy atom. The lowest BCUT2D eigenvalue weighted by Gasteiger charge is -2.22. The van der Waals surface area contributed by atoms with E-state index in [0.29, 0.717) is 28.1 Å². The number of ether oxygens (including phenoxy) is 1. The molecule has 37 heavy (non-hydrogen) atoms. The number of carboxylic acid groups (broad SMARTS) is 1. The van der Waals surface area contributed by atoms with Crippen molar-refractivity contribution in [1.82, 2.24) is 4.31 Å². The third kappa shape index (κ3) is 6.80. The van der Waals surface area contributed by atoms with Gasteiger partial charge in [-0.15, -0.1) is 0 Å². The second-order valence-corrected chi connectivity index (χ2v) is 9.91. The quantitative estimate of drug-likeness (QED) is 0.352. The van der Waals surface area contributed by atoms with Crippen molar-refractivity contribution in [3.05, 3.63) is 89.0 Å². The van der Waals surface area contributed by atoms with Gasteiger partial charge in [-0.05, 0) is 48.0 Å². The number of aliphatic carboxylic acids is 1. The van der Waals surface area contributed by atoms with Crippen molar-refractivity contribution in [3.63, 3.8) is 0 Å². The molecule has 0 amide bonds. The smallest absolute Gasteiger partial charge is 0.417 e. The van der Waals surface area contributed by atoms with Crippen molar-refractivity contribution in [2.45, 2.75) is 30.2 Å². The number of halogens is 6. The number of carbonyl (C=O) groups is 1. The second kappa shape index (κ2) is 10.4. The van der Waals surface area contributed by atoms with E-state index in [2.05, 4.69) is 0 Å². The molecule has 6 nitrogen and oxygen atoms in total. The van der Waals surface area contributed by atoms with Gasteiger partial charge >= 0.3 is 18.3 Å². The van der Waals surface area contributed by atoms with E-state index in [4.69, 9.17) is 9.84 Å². The molecule has 0 aliphatic rings. The van der Waals surface area contributed by atoms with Crippen molar-refractivity contribution in [1.29, 1.82) is 0 Å². The zero-order valence-electron chi connectivity index (χ0n) is 19.0. The molecule has 3 rings (SSSR count). The largest absolute Gasteiger partial charge is 0.481 e. The molecule has 198 valence electrons. The Labute approximate surface area is 207 Å². The summed E-state index contributed by atoms with van der Waals surface area (Å²) < 4.78 is 112. The van der Waals surface area contributed by atoms with Crippen molar-refractivity contribution < 1.29 is 49.4 Å². The van der Waals surface area contributed by atoms with E-state index in [1.165, 1.54) is 24.3 Å². The minimum atomic E-state index is -4.99. The number of carboxylic acids is 1. The van der Waals surface area contributed by atoms with Crippen LogP contribution in [0.2, 0.25) is 0 Å². The molecular formula is C24H19F6NO5S. The van der Waals surface area contributed by atoms with Crippen LogP contribution in [0.25, 0.3) is 0 Å². The Morgan fingerprint density at radius 2 is 1.59 bits per heavy atom. The van der Waals surface area contributed by atoms with Gasteiger partial charge in [0, 0.05) is 19.2 Å². The van der Waals surface area contributed by atoms with Crippen LogP contribution in [0.1, 0.15) is 22.3 Å². The second-order valence-electron chi connectivity index (χ2n) is 7.90. The van der Waals surface area contributed by atoms with E-state index in [9.17, 15) is 39.6 Å². The van der Waals surface area contributed by atoms with Gasteiger partial charge in [0.05, 0.1) is 22.4 Å². The molecular weight excluding hydrogens is 528 g/mol. The Morgan fingerprint density at radius 3 is 2.22 bits per heavy atom. The summed E-state index contributed by atoms with van der Waals surface area (Å²) in [6, 6.07) is 11.4. The van der Waals surface area contributed by atoms with Gasteiger partial charge in [0.1, 0.15) is 11.5 Å². The summed E-state index contributed by atoms with van der Waals surface area (Å²) in [6.45, 7) is -0.761. The highest BCUT2D eigenvalue weighted by atomic mass is 32.2. The molecule has 0 aliphatic heterocycles. The van der Waals surface area contributed by atoms with Crippen molar-refractivity contribution in [2.24, 2.45) is 0 Å². The van der Waals surface area contributed by atoms with Gasteiger partial charge in [-0.2, -0.15) is 30.6 Å². The minimum Gasteiger partial charge on any atom is -0.481 e. The zero-order chi connectivity index (χ0) is 27.6. The molecule has 0 fully saturated rings. The summed E-state index contributed by atoms with van der Waals surface area (Å²) in [4.78, 5) is 9.91. The van der Waals surface area contributed by atoms with Gasteiger partial charge in [-0.3, -0.25) is 4.79 Å². The average molecular weight is 547 g/mol. The fourth-order valence-corrected chi connectivity index (χ4v) is 4.77. The monoisotopic (exact) mass is 547 g/mol. The molecule has 1 N–H and O–H groups in total. The molecule has 0 radical (unpaired) electrons. The van der Waals surface area contributed by atoms with Gasteiger partial charge in [-0.25, -0.2) is 8.42 Å². The highest BCUT2D eigenvalue weighted by molar-refractivity contribution is 7.89. The van der Waals surface area contributed by atoms with Crippen LogP contribution < -0.4 is 4.74 Å². The van der Waals surface area contributed by atoms with Gasteiger partial charge in [0.25, 0.3) is 0 Å². The molecule has 0 bridgehead atoms. The Hall–Kier alpha value is -3.58. The summed E-state index contributed by atoms with van der Waals surface area (Å²) in [5.41, 5.74) is -2.50. The van der Waals surface area contributed by atoms with Crippen LogP contribution >= 0.6 is 0 Å². The molecule has 0 atom stereocenters. The van der Waals surface area contributed by atoms with Crippen LogP contribution in [0.4, 0.5) is 26.3 Å². The van der Waals surface area contributed by atoms with Crippen molar-refractivity contribution >= 4 is 16.0 Å². The fraction of sp³-hybridized carbons (Fsp3) is 0.208. The molecule has 0 saturated heterocycles. The van der Waals surface area contributed by atoms with Crippen LogP contribution in [-0.4, -0.2) is 30.8 Å². The summed E-state index contributed by atoms with van der Waals surface area (Å²) in [6.07, 6.45) is -10.1. The third-order valence-electron chi connectivity index (χ3n) is 5.14. The number of rotatable bonds is 8. The Bertz CT molecular complexity index is 1400. The molecule has 0 heterocycles. The first-order chi connectivity index (χ1) is 17.1. The van der Waals surface area contributed by atoms with Crippen molar-refractivity contribution in [3.8, 4) is 11.5 Å². The van der Waals surface area contributed by atoms with Gasteiger partial charge in [-0.1, -0.05) is 24.3 Å². The van der Waals surface area contributed by atoms with Gasteiger partial charge in [0.15, 0.2) is 0 Å². The summed E-state index contributed by atoms with van der Waals surface area (Å²) in [7, 11) is -3.87. The van der Waals surface area contributed by atoms with E-state index in [0.717, 1.165) is 31.3 Å². The number of benzene rings is 3. The predicted molar refractivity (Wildman–Crippen MR) is 119 cm³/mol. The fourth-order valence-electron chi connectivity index (χ4n) is 3.42. The summed E-state index contributed by atoms with van der Waals surface area (Å²) in [5, 5.41) is 8.96. The minimum absolute atomic E-state index is 0.0627. The lowest BCUT2D eigenvalue weighted by atomic mass is 10.1. The number of hydrogen-bond donors (Lipinski definition) is 1. The standard InChI is InChI=1S/C24H19F6NO5S/c1-31(37(34,35)21-8-3-2-7-19(21)24(28,29)30)14-16-13-17(23(25,26)27)9-10-20(16)36-18-6-4-5-15(11-18)12-22(32)33/h2-11,13H,12,14H2,1H3,(H,32,33). The van der Waals surface area contributed by atoms with Crippen LogP contribution in [0.15, 0.2) is 71.6 Å². The summed E-state index contributed by atoms with van der Waals surface area (Å²) in [5.74, 6) is -1.27. The first kappa shape index (κ1) is 28.0. The Balaban J connectivity index is 2.02. The first-order valence-corrected chi connectivity index (χ1v) is 11.8. The van der Waals surface area contributed by atoms with E-state index in [-0.39, 0.29) is 23.5 Å².